The minimum absolute atomic E-state index is 0.0263. The van der Waals surface area contributed by atoms with Crippen LogP contribution in [-0.2, 0) is 14.4 Å². The van der Waals surface area contributed by atoms with Crippen molar-refractivity contribution in [2.75, 3.05) is 10.3 Å². The number of nitrogens with zero attached hydrogens (tertiary/aromatic N) is 2. The van der Waals surface area contributed by atoms with Gasteiger partial charge in [-0.25, -0.2) is 0 Å². The zero-order valence-electron chi connectivity index (χ0n) is 26.5. The molecule has 1 atom stereocenters. The third-order valence-corrected chi connectivity index (χ3v) is 8.98. The molecular weight excluding hydrogens is 670 g/mol. The summed E-state index contributed by atoms with van der Waals surface area (Å²) in [6.07, 6.45) is 1.54. The molecule has 6 rings (SSSR count). The Morgan fingerprint density at radius 1 is 0.760 bits per heavy atom. The maximum Gasteiger partial charge on any atom is 0.272 e. The molecule has 4 amide bonds. The van der Waals surface area contributed by atoms with Crippen molar-refractivity contribution in [3.63, 3.8) is 0 Å². The number of amidine groups is 1. The second-order valence-electron chi connectivity index (χ2n) is 11.1. The van der Waals surface area contributed by atoms with E-state index in [2.05, 4.69) is 21.1 Å². The van der Waals surface area contributed by atoms with Gasteiger partial charge in [-0.3, -0.25) is 19.2 Å². The van der Waals surface area contributed by atoms with Gasteiger partial charge >= 0.3 is 0 Å². The van der Waals surface area contributed by atoms with Crippen molar-refractivity contribution in [2.45, 2.75) is 16.6 Å². The predicted molar refractivity (Wildman–Crippen MR) is 198 cm³/mol. The minimum atomic E-state index is -0.665. The quantitative estimate of drug-likeness (QED) is 0.103. The first-order chi connectivity index (χ1) is 24.3. The van der Waals surface area contributed by atoms with Gasteiger partial charge in [0.15, 0.2) is 0 Å². The van der Waals surface area contributed by atoms with Crippen molar-refractivity contribution in [1.29, 1.82) is 0 Å². The average molecular weight is 700 g/mol. The van der Waals surface area contributed by atoms with Crippen molar-refractivity contribution < 1.29 is 19.2 Å². The number of carbonyl (C=O) groups excluding carboxylic acids is 4. The van der Waals surface area contributed by atoms with Crippen LogP contribution in [0.15, 0.2) is 155 Å². The minimum Gasteiger partial charge on any atom is -0.321 e. The highest BCUT2D eigenvalue weighted by Gasteiger charge is 2.29. The lowest BCUT2D eigenvalue weighted by Crippen LogP contribution is -2.33. The summed E-state index contributed by atoms with van der Waals surface area (Å²) in [5.41, 5.74) is 2.99. The van der Waals surface area contributed by atoms with E-state index in [1.165, 1.54) is 16.8 Å². The van der Waals surface area contributed by atoms with Crippen molar-refractivity contribution in [1.82, 2.24) is 10.6 Å². The number of carbonyl (C=O) groups is 4. The molecule has 0 saturated carbocycles. The molecule has 1 heterocycles. The molecule has 50 heavy (non-hydrogen) atoms. The molecule has 0 fully saturated rings. The molecule has 248 valence electrons. The number of benzene rings is 5. The Balaban J connectivity index is 1.16. The molecule has 0 bridgehead atoms. The van der Waals surface area contributed by atoms with Gasteiger partial charge in [0, 0.05) is 21.2 Å². The van der Waals surface area contributed by atoms with Crippen LogP contribution in [0.1, 0.15) is 33.2 Å². The molecule has 5 aromatic carbocycles. The largest absolute Gasteiger partial charge is 0.321 e. The van der Waals surface area contributed by atoms with E-state index >= 15 is 0 Å². The van der Waals surface area contributed by atoms with E-state index < -0.39 is 17.1 Å². The normalized spacial score (nSPS) is 13.3. The Labute approximate surface area is 298 Å². The highest BCUT2D eigenvalue weighted by Crippen LogP contribution is 2.36. The van der Waals surface area contributed by atoms with Gasteiger partial charge in [-0.15, -0.1) is 11.8 Å². The molecule has 1 aliphatic heterocycles. The van der Waals surface area contributed by atoms with Crippen molar-refractivity contribution in [2.24, 2.45) is 5.10 Å². The van der Waals surface area contributed by atoms with Crippen molar-refractivity contribution in [3.05, 3.63) is 167 Å². The Hall–Kier alpha value is -5.97. The van der Waals surface area contributed by atoms with E-state index in [-0.39, 0.29) is 29.8 Å². The Bertz CT molecular complexity index is 2060. The van der Waals surface area contributed by atoms with E-state index in [1.807, 2.05) is 48.5 Å². The van der Waals surface area contributed by atoms with Crippen LogP contribution in [0.4, 0.5) is 11.4 Å². The summed E-state index contributed by atoms with van der Waals surface area (Å²) in [6.45, 7) is 0. The lowest BCUT2D eigenvalue weighted by Gasteiger charge is -2.17. The second kappa shape index (κ2) is 16.0. The highest BCUT2D eigenvalue weighted by atomic mass is 35.5. The van der Waals surface area contributed by atoms with E-state index in [1.54, 1.807) is 97.1 Å². The number of rotatable bonds is 10. The molecule has 0 spiro atoms. The van der Waals surface area contributed by atoms with Gasteiger partial charge in [0.2, 0.25) is 5.91 Å². The first-order valence-electron chi connectivity index (χ1n) is 15.6. The summed E-state index contributed by atoms with van der Waals surface area (Å²) in [6, 6.07) is 40.8. The molecule has 5 aromatic rings. The van der Waals surface area contributed by atoms with Crippen LogP contribution < -0.4 is 21.0 Å². The smallest absolute Gasteiger partial charge is 0.272 e. The van der Waals surface area contributed by atoms with Gasteiger partial charge in [-0.05, 0) is 77.9 Å². The van der Waals surface area contributed by atoms with Crippen molar-refractivity contribution >= 4 is 70.3 Å². The fourth-order valence-corrected chi connectivity index (χ4v) is 6.15. The second-order valence-corrected chi connectivity index (χ2v) is 12.7. The Kier molecular flexibility index (Phi) is 10.8. The maximum absolute atomic E-state index is 13.7. The Morgan fingerprint density at radius 3 is 2.04 bits per heavy atom. The fourth-order valence-electron chi connectivity index (χ4n) is 5.00. The molecule has 11 heteroatoms. The topological polar surface area (TPSA) is 120 Å². The van der Waals surface area contributed by atoms with Crippen LogP contribution in [0.25, 0.3) is 6.08 Å². The average Bonchev–Trinajstić information content (AvgIpc) is 3.52. The summed E-state index contributed by atoms with van der Waals surface area (Å²) >= 11 is 7.35. The molecule has 1 aliphatic rings. The van der Waals surface area contributed by atoms with Gasteiger partial charge in [0.1, 0.15) is 16.8 Å². The van der Waals surface area contributed by atoms with Crippen LogP contribution in [0.3, 0.4) is 0 Å². The zero-order valence-corrected chi connectivity index (χ0v) is 28.0. The van der Waals surface area contributed by atoms with Crippen LogP contribution >= 0.6 is 23.4 Å². The van der Waals surface area contributed by atoms with Crippen molar-refractivity contribution in [3.8, 4) is 0 Å². The number of hydrazone groups is 1. The summed E-state index contributed by atoms with van der Waals surface area (Å²) in [5.74, 6) is -1.25. The van der Waals surface area contributed by atoms with Gasteiger partial charge in [-0.1, -0.05) is 90.5 Å². The SMILES string of the molecule is O=C(Nc1ccc(SC(C(=O)NC2=NN(c3ccccc3)C(=O)C2)c2ccccc2)cc1)/C(=C/c1ccc(Cl)cc1)NC(=O)c1ccccc1. The van der Waals surface area contributed by atoms with Crippen LogP contribution in [-0.4, -0.2) is 29.5 Å². The van der Waals surface area contributed by atoms with Gasteiger partial charge in [0.25, 0.3) is 17.7 Å². The molecule has 0 aromatic heterocycles. The van der Waals surface area contributed by atoms with E-state index in [4.69, 9.17) is 11.6 Å². The predicted octanol–water partition coefficient (Wildman–Crippen LogP) is 7.45. The molecule has 1 unspecified atom stereocenters. The number of halogens is 1. The number of anilines is 2. The lowest BCUT2D eigenvalue weighted by molar-refractivity contribution is -0.119. The van der Waals surface area contributed by atoms with Crippen LogP contribution in [0.5, 0.6) is 0 Å². The zero-order chi connectivity index (χ0) is 34.9. The Morgan fingerprint density at radius 2 is 1.38 bits per heavy atom. The van der Waals surface area contributed by atoms with Gasteiger partial charge in [-0.2, -0.15) is 10.1 Å². The molecule has 9 nitrogen and oxygen atoms in total. The standard InChI is InChI=1S/C39H30ClN5O4S/c40-29-18-16-26(17-19-29)24-33(42-37(47)28-12-6-2-7-13-28)38(48)41-30-20-22-32(23-21-30)50-36(27-10-4-1-5-11-27)39(49)43-34-25-35(46)45(44-34)31-14-8-3-9-15-31/h1-24,36H,25H2,(H,41,48)(H,42,47)(H,43,44,49)/b33-24-. The number of amides is 4. The van der Waals surface area contributed by atoms with Gasteiger partial charge < -0.3 is 16.0 Å². The van der Waals surface area contributed by atoms with Crippen LogP contribution in [0.2, 0.25) is 5.02 Å². The molecular formula is C39H30ClN5O4S. The third kappa shape index (κ3) is 8.73. The number of hydrogen-bond acceptors (Lipinski definition) is 6. The first-order valence-corrected chi connectivity index (χ1v) is 16.8. The van der Waals surface area contributed by atoms with E-state index in [0.29, 0.717) is 27.5 Å². The number of para-hydroxylation sites is 1. The monoisotopic (exact) mass is 699 g/mol. The van der Waals surface area contributed by atoms with Crippen LogP contribution in [0, 0.1) is 0 Å². The lowest BCUT2D eigenvalue weighted by atomic mass is 10.1. The molecule has 0 aliphatic carbocycles. The molecule has 0 radical (unpaired) electrons. The number of hydrogen-bond donors (Lipinski definition) is 3. The van der Waals surface area contributed by atoms with E-state index in [0.717, 1.165) is 10.5 Å². The summed E-state index contributed by atoms with van der Waals surface area (Å²) < 4.78 is 0. The number of nitrogens with one attached hydrogen (secondary N) is 3. The molecule has 0 saturated heterocycles. The number of thioether (sulfide) groups is 1. The third-order valence-electron chi connectivity index (χ3n) is 7.46. The fraction of sp³-hybridized carbons (Fsp3) is 0.0513. The maximum atomic E-state index is 13.7. The summed E-state index contributed by atoms with van der Waals surface area (Å²) in [5, 5.41) is 14.0. The van der Waals surface area contributed by atoms with Gasteiger partial charge in [0.05, 0.1) is 12.1 Å². The van der Waals surface area contributed by atoms with E-state index in [9.17, 15) is 19.2 Å². The highest BCUT2D eigenvalue weighted by molar-refractivity contribution is 8.00. The first kappa shape index (κ1) is 33.9. The molecule has 3 N–H and O–H groups in total. The summed E-state index contributed by atoms with van der Waals surface area (Å²) in [7, 11) is 0. The summed E-state index contributed by atoms with van der Waals surface area (Å²) in [4.78, 5) is 53.5.